The fourth-order valence-electron chi connectivity index (χ4n) is 2.68. The van der Waals surface area contributed by atoms with E-state index in [0.29, 0.717) is 6.54 Å². The number of hydrogen-bond donors (Lipinski definition) is 2. The number of benzene rings is 2. The molecule has 0 atom stereocenters. The van der Waals surface area contributed by atoms with Gasteiger partial charge in [-0.25, -0.2) is 0 Å². The quantitative estimate of drug-likeness (QED) is 0.333. The molecule has 0 radical (unpaired) electrons. The van der Waals surface area contributed by atoms with Crippen LogP contribution in [-0.4, -0.2) is 47.9 Å². The molecule has 0 bridgehead atoms. The zero-order valence-corrected chi connectivity index (χ0v) is 19.6. The third kappa shape index (κ3) is 7.10. The molecule has 0 aliphatic heterocycles. The summed E-state index contributed by atoms with van der Waals surface area (Å²) in [6, 6.07) is 14.4. The third-order valence-corrected chi connectivity index (χ3v) is 4.32. The molecule has 0 spiro atoms. The number of nitrogens with zero attached hydrogens (tertiary/aromatic N) is 2. The van der Waals surface area contributed by atoms with Crippen LogP contribution < -0.4 is 25.0 Å². The molecular weight excluding hydrogens is 467 g/mol. The van der Waals surface area contributed by atoms with Gasteiger partial charge in [0.15, 0.2) is 5.96 Å². The van der Waals surface area contributed by atoms with Gasteiger partial charge in [-0.1, -0.05) is 12.1 Å². The maximum absolute atomic E-state index is 5.44. The summed E-state index contributed by atoms with van der Waals surface area (Å²) in [6.07, 6.45) is 0.931. The smallest absolute Gasteiger partial charge is 0.191 e. The number of halogens is 1. The molecule has 0 aliphatic carbocycles. The molecule has 2 aromatic rings. The summed E-state index contributed by atoms with van der Waals surface area (Å²) in [4.78, 5) is 6.38. The highest BCUT2D eigenvalue weighted by Gasteiger charge is 2.06. The molecule has 7 heteroatoms. The lowest BCUT2D eigenvalue weighted by molar-refractivity contribution is 0.390. The van der Waals surface area contributed by atoms with E-state index in [1.165, 1.54) is 11.3 Å². The summed E-state index contributed by atoms with van der Waals surface area (Å²) in [6.45, 7) is 1.42. The molecule has 0 aliphatic rings. The van der Waals surface area contributed by atoms with E-state index in [9.17, 15) is 0 Å². The lowest BCUT2D eigenvalue weighted by Gasteiger charge is -2.15. The van der Waals surface area contributed by atoms with E-state index in [-0.39, 0.29) is 24.0 Å². The molecule has 2 aromatic carbocycles. The number of hydrogen-bond acceptors (Lipinski definition) is 4. The molecule has 154 valence electrons. The number of nitrogens with one attached hydrogen (secondary N) is 2. The summed E-state index contributed by atoms with van der Waals surface area (Å²) >= 11 is 0. The second-order valence-corrected chi connectivity index (χ2v) is 6.34. The SMILES string of the molecule is CN=C(NCCc1ccc(N(C)C)cc1)NCc1ccc(OC)cc1OC.I. The zero-order valence-electron chi connectivity index (χ0n) is 17.3. The van der Waals surface area contributed by atoms with Gasteiger partial charge in [0.25, 0.3) is 0 Å². The van der Waals surface area contributed by atoms with Crippen LogP contribution in [0.5, 0.6) is 11.5 Å². The van der Waals surface area contributed by atoms with Crippen molar-refractivity contribution in [2.24, 2.45) is 4.99 Å². The van der Waals surface area contributed by atoms with Crippen LogP contribution in [0.15, 0.2) is 47.5 Å². The van der Waals surface area contributed by atoms with Crippen LogP contribution in [0.1, 0.15) is 11.1 Å². The minimum Gasteiger partial charge on any atom is -0.497 e. The molecule has 0 aromatic heterocycles. The van der Waals surface area contributed by atoms with Crippen molar-refractivity contribution >= 4 is 35.6 Å². The van der Waals surface area contributed by atoms with Crippen molar-refractivity contribution in [3.05, 3.63) is 53.6 Å². The minimum atomic E-state index is 0. The van der Waals surface area contributed by atoms with Crippen LogP contribution in [0.2, 0.25) is 0 Å². The van der Waals surface area contributed by atoms with Crippen LogP contribution >= 0.6 is 24.0 Å². The van der Waals surface area contributed by atoms with E-state index in [1.54, 1.807) is 21.3 Å². The second-order valence-electron chi connectivity index (χ2n) is 6.34. The molecule has 0 heterocycles. The molecule has 0 saturated heterocycles. The first-order chi connectivity index (χ1) is 13.1. The molecule has 6 nitrogen and oxygen atoms in total. The first kappa shape index (κ1) is 23.9. The van der Waals surface area contributed by atoms with Gasteiger partial charge in [-0.2, -0.15) is 0 Å². The fraction of sp³-hybridized carbons (Fsp3) is 0.381. The topological polar surface area (TPSA) is 58.1 Å². The number of rotatable bonds is 8. The van der Waals surface area contributed by atoms with Gasteiger partial charge < -0.3 is 25.0 Å². The highest BCUT2D eigenvalue weighted by atomic mass is 127. The van der Waals surface area contributed by atoms with Crippen LogP contribution in [0, 0.1) is 0 Å². The Morgan fingerprint density at radius 3 is 2.29 bits per heavy atom. The van der Waals surface area contributed by atoms with Gasteiger partial charge in [-0.3, -0.25) is 4.99 Å². The Hall–Kier alpha value is -2.16. The Labute approximate surface area is 185 Å². The van der Waals surface area contributed by atoms with Gasteiger partial charge in [-0.15, -0.1) is 24.0 Å². The van der Waals surface area contributed by atoms with Crippen molar-refractivity contribution in [2.75, 3.05) is 46.8 Å². The number of ether oxygens (including phenoxy) is 2. The predicted molar refractivity (Wildman–Crippen MR) is 128 cm³/mol. The van der Waals surface area contributed by atoms with Crippen LogP contribution in [0.4, 0.5) is 5.69 Å². The van der Waals surface area contributed by atoms with E-state index >= 15 is 0 Å². The fourth-order valence-corrected chi connectivity index (χ4v) is 2.68. The van der Waals surface area contributed by atoms with Gasteiger partial charge in [0.2, 0.25) is 0 Å². The van der Waals surface area contributed by atoms with Crippen LogP contribution in [0.25, 0.3) is 0 Å². The van der Waals surface area contributed by atoms with E-state index in [4.69, 9.17) is 9.47 Å². The number of aliphatic imine (C=N–C) groups is 1. The van der Waals surface area contributed by atoms with Gasteiger partial charge in [0.05, 0.1) is 14.2 Å². The lowest BCUT2D eigenvalue weighted by atomic mass is 10.1. The van der Waals surface area contributed by atoms with Crippen molar-refractivity contribution in [2.45, 2.75) is 13.0 Å². The summed E-state index contributed by atoms with van der Waals surface area (Å²) in [5.74, 6) is 2.33. The van der Waals surface area contributed by atoms with Gasteiger partial charge >= 0.3 is 0 Å². The van der Waals surface area contributed by atoms with Crippen molar-refractivity contribution in [1.82, 2.24) is 10.6 Å². The van der Waals surface area contributed by atoms with Crippen LogP contribution in [-0.2, 0) is 13.0 Å². The summed E-state index contributed by atoms with van der Waals surface area (Å²) in [5.41, 5.74) is 3.54. The first-order valence-electron chi connectivity index (χ1n) is 8.99. The Morgan fingerprint density at radius 2 is 1.71 bits per heavy atom. The Balaban J connectivity index is 0.00000392. The van der Waals surface area contributed by atoms with E-state index in [2.05, 4.69) is 44.8 Å². The van der Waals surface area contributed by atoms with E-state index in [1.807, 2.05) is 32.3 Å². The number of guanidine groups is 1. The van der Waals surface area contributed by atoms with E-state index in [0.717, 1.165) is 36.0 Å². The third-order valence-electron chi connectivity index (χ3n) is 4.32. The molecule has 0 amide bonds. The molecule has 28 heavy (non-hydrogen) atoms. The average Bonchev–Trinajstić information content (AvgIpc) is 2.70. The highest BCUT2D eigenvalue weighted by molar-refractivity contribution is 14.0. The van der Waals surface area contributed by atoms with Crippen molar-refractivity contribution in [3.63, 3.8) is 0 Å². The molecule has 0 fully saturated rings. The summed E-state index contributed by atoms with van der Waals surface area (Å²) in [7, 11) is 9.17. The first-order valence-corrected chi connectivity index (χ1v) is 8.99. The molecule has 0 saturated carbocycles. The molecular formula is C21H31IN4O2. The maximum Gasteiger partial charge on any atom is 0.191 e. The Kier molecular flexibility index (Phi) is 10.5. The maximum atomic E-state index is 5.44. The van der Waals surface area contributed by atoms with Gasteiger partial charge in [0.1, 0.15) is 11.5 Å². The Morgan fingerprint density at radius 1 is 1.00 bits per heavy atom. The molecule has 2 N–H and O–H groups in total. The van der Waals surface area contributed by atoms with Gasteiger partial charge in [-0.05, 0) is 36.2 Å². The molecule has 0 unspecified atom stereocenters. The number of methoxy groups -OCH3 is 2. The zero-order chi connectivity index (χ0) is 19.6. The van der Waals surface area contributed by atoms with E-state index < -0.39 is 0 Å². The van der Waals surface area contributed by atoms with Crippen molar-refractivity contribution in [1.29, 1.82) is 0 Å². The van der Waals surface area contributed by atoms with Crippen molar-refractivity contribution in [3.8, 4) is 11.5 Å². The summed E-state index contributed by atoms with van der Waals surface area (Å²) < 4.78 is 10.7. The monoisotopic (exact) mass is 498 g/mol. The molecule has 2 rings (SSSR count). The predicted octanol–water partition coefficient (Wildman–Crippen LogP) is 3.30. The lowest BCUT2D eigenvalue weighted by Crippen LogP contribution is -2.37. The Bertz CT molecular complexity index is 749. The average molecular weight is 498 g/mol. The van der Waals surface area contributed by atoms with Crippen LogP contribution in [0.3, 0.4) is 0 Å². The minimum absolute atomic E-state index is 0. The standard InChI is InChI=1S/C21H30N4O2.HI/c1-22-21(23-13-12-16-6-9-18(10-7-16)25(2)3)24-15-17-8-11-19(26-4)14-20(17)27-5;/h6-11,14H,12-13,15H2,1-5H3,(H2,22,23,24);1H. The number of anilines is 1. The summed E-state index contributed by atoms with van der Waals surface area (Å²) in [5, 5.41) is 6.67. The second kappa shape index (κ2) is 12.3. The van der Waals surface area contributed by atoms with Crippen molar-refractivity contribution < 1.29 is 9.47 Å². The van der Waals surface area contributed by atoms with Gasteiger partial charge in [0, 0.05) is 51.5 Å². The highest BCUT2D eigenvalue weighted by Crippen LogP contribution is 2.24. The largest absolute Gasteiger partial charge is 0.497 e. The normalized spacial score (nSPS) is 10.7.